The van der Waals surface area contributed by atoms with Crippen LogP contribution in [0, 0.1) is 5.41 Å². The third-order valence-corrected chi connectivity index (χ3v) is 7.16. The molecule has 0 bridgehead atoms. The first-order valence-corrected chi connectivity index (χ1v) is 12.7. The Bertz CT molecular complexity index is 1270. The zero-order chi connectivity index (χ0) is 26.7. The van der Waals surface area contributed by atoms with Crippen LogP contribution in [0.15, 0.2) is 48.9 Å². The molecule has 1 aliphatic rings. The van der Waals surface area contributed by atoms with Crippen LogP contribution in [0.1, 0.15) is 55.6 Å². The van der Waals surface area contributed by atoms with E-state index in [-0.39, 0.29) is 29.2 Å². The number of likely N-dealkylation sites (tertiary alicyclic amines) is 1. The number of hydrogen-bond acceptors (Lipinski definition) is 5. The van der Waals surface area contributed by atoms with E-state index in [4.69, 9.17) is 17.3 Å². The highest BCUT2D eigenvalue weighted by Gasteiger charge is 2.39. The molecule has 0 spiro atoms. The number of pyridine rings is 1. The quantitative estimate of drug-likeness (QED) is 0.421. The van der Waals surface area contributed by atoms with Crippen molar-refractivity contribution in [1.29, 1.82) is 0 Å². The number of nitrogen functional groups attached to an aromatic ring is 1. The summed E-state index contributed by atoms with van der Waals surface area (Å²) >= 11 is 5.93. The third-order valence-electron chi connectivity index (χ3n) is 6.90. The number of aromatic nitrogens is 3. The summed E-state index contributed by atoms with van der Waals surface area (Å²) in [5.74, 6) is -0.128. The summed E-state index contributed by atoms with van der Waals surface area (Å²) in [6, 6.07) is 9.19. The van der Waals surface area contributed by atoms with Gasteiger partial charge in [0.1, 0.15) is 5.82 Å². The van der Waals surface area contributed by atoms with Gasteiger partial charge in [0.25, 0.3) is 5.91 Å². The van der Waals surface area contributed by atoms with Crippen molar-refractivity contribution in [3.8, 4) is 11.1 Å². The van der Waals surface area contributed by atoms with Crippen LogP contribution in [0.5, 0.6) is 0 Å². The van der Waals surface area contributed by atoms with Gasteiger partial charge in [-0.05, 0) is 48.4 Å². The monoisotopic (exact) mass is 524 g/mol. The number of amides is 2. The fraction of sp³-hybridized carbons (Fsp3) is 0.407. The van der Waals surface area contributed by atoms with Gasteiger partial charge in [0.05, 0.1) is 17.8 Å². The Morgan fingerprint density at radius 3 is 2.59 bits per heavy atom. The molecule has 2 aromatic heterocycles. The number of anilines is 1. The Hall–Kier alpha value is -3.59. The van der Waals surface area contributed by atoms with E-state index >= 15 is 0 Å². The first-order chi connectivity index (χ1) is 17.5. The number of carbonyl (C=O) groups excluding carboxylic acids is 1. The molecule has 9 nitrogen and oxygen atoms in total. The van der Waals surface area contributed by atoms with E-state index in [9.17, 15) is 14.7 Å². The molecular weight excluding hydrogens is 492 g/mol. The molecule has 2 atom stereocenters. The van der Waals surface area contributed by atoms with E-state index in [1.165, 1.54) is 0 Å². The molecule has 0 aliphatic carbocycles. The van der Waals surface area contributed by atoms with Gasteiger partial charge in [-0.2, -0.15) is 5.10 Å². The molecule has 196 valence electrons. The maximum atomic E-state index is 12.8. The van der Waals surface area contributed by atoms with Gasteiger partial charge in [-0.1, -0.05) is 44.5 Å². The third kappa shape index (κ3) is 6.22. The van der Waals surface area contributed by atoms with Gasteiger partial charge in [-0.3, -0.25) is 9.48 Å². The maximum Gasteiger partial charge on any atom is 0.407 e. The number of nitrogens with zero attached hydrogens (tertiary/aromatic N) is 4. The number of piperidine rings is 1. The number of carbonyl (C=O) groups is 2. The molecule has 4 N–H and O–H groups in total. The van der Waals surface area contributed by atoms with Gasteiger partial charge in [-0.15, -0.1) is 0 Å². The smallest absolute Gasteiger partial charge is 0.407 e. The Morgan fingerprint density at radius 1 is 1.19 bits per heavy atom. The first-order valence-electron chi connectivity index (χ1n) is 12.3. The first kappa shape index (κ1) is 26.5. The van der Waals surface area contributed by atoms with Crippen molar-refractivity contribution >= 4 is 29.4 Å². The van der Waals surface area contributed by atoms with Crippen LogP contribution in [0.2, 0.25) is 5.02 Å². The Morgan fingerprint density at radius 2 is 1.92 bits per heavy atom. The van der Waals surface area contributed by atoms with Crippen LogP contribution >= 0.6 is 11.6 Å². The fourth-order valence-corrected chi connectivity index (χ4v) is 4.93. The minimum atomic E-state index is -0.883. The largest absolute Gasteiger partial charge is 0.465 e. The maximum absolute atomic E-state index is 12.8. The van der Waals surface area contributed by atoms with Crippen LogP contribution in [-0.2, 0) is 6.42 Å². The molecule has 0 radical (unpaired) electrons. The average Bonchev–Trinajstić information content (AvgIpc) is 3.35. The lowest BCUT2D eigenvalue weighted by atomic mass is 9.79. The molecule has 1 aliphatic heterocycles. The highest BCUT2D eigenvalue weighted by molar-refractivity contribution is 6.30. The van der Waals surface area contributed by atoms with Crippen LogP contribution in [0.4, 0.5) is 10.6 Å². The number of nitrogens with two attached hydrogens (primary N) is 1. The van der Waals surface area contributed by atoms with Gasteiger partial charge in [0.2, 0.25) is 0 Å². The number of benzene rings is 1. The summed E-state index contributed by atoms with van der Waals surface area (Å²) in [5, 5.41) is 17.8. The summed E-state index contributed by atoms with van der Waals surface area (Å²) in [7, 11) is 0. The summed E-state index contributed by atoms with van der Waals surface area (Å²) in [4.78, 5) is 30.4. The predicted octanol–water partition coefficient (Wildman–Crippen LogP) is 4.88. The lowest BCUT2D eigenvalue weighted by molar-refractivity contribution is 0.0408. The van der Waals surface area contributed by atoms with Crippen LogP contribution < -0.4 is 11.1 Å². The highest BCUT2D eigenvalue weighted by Crippen LogP contribution is 2.37. The molecule has 1 saturated heterocycles. The molecule has 2 unspecified atom stereocenters. The minimum Gasteiger partial charge on any atom is -0.465 e. The number of halogens is 1. The Balaban J connectivity index is 1.45. The zero-order valence-corrected chi connectivity index (χ0v) is 22.1. The van der Waals surface area contributed by atoms with Crippen molar-refractivity contribution in [1.82, 2.24) is 25.0 Å². The molecule has 4 rings (SSSR count). The Kier molecular flexibility index (Phi) is 7.73. The second kappa shape index (κ2) is 10.8. The van der Waals surface area contributed by atoms with Gasteiger partial charge < -0.3 is 21.1 Å². The molecule has 1 fully saturated rings. The highest BCUT2D eigenvalue weighted by atomic mass is 35.5. The molecule has 10 heteroatoms. The average molecular weight is 525 g/mol. The van der Waals surface area contributed by atoms with Crippen molar-refractivity contribution in [2.24, 2.45) is 5.41 Å². The second-order valence-electron chi connectivity index (χ2n) is 10.5. The van der Waals surface area contributed by atoms with Crippen molar-refractivity contribution in [2.75, 3.05) is 18.8 Å². The molecule has 2 amide bonds. The second-order valence-corrected chi connectivity index (χ2v) is 11.0. The summed E-state index contributed by atoms with van der Waals surface area (Å²) in [5.41, 5.74) is 8.76. The van der Waals surface area contributed by atoms with E-state index in [0.717, 1.165) is 16.7 Å². The van der Waals surface area contributed by atoms with E-state index in [1.54, 1.807) is 23.4 Å². The molecule has 37 heavy (non-hydrogen) atoms. The topological polar surface area (TPSA) is 126 Å². The van der Waals surface area contributed by atoms with E-state index < -0.39 is 6.09 Å². The van der Waals surface area contributed by atoms with E-state index in [1.807, 2.05) is 35.1 Å². The molecular formula is C27H33ClN6O3. The fourth-order valence-electron chi connectivity index (χ4n) is 4.81. The lowest BCUT2D eigenvalue weighted by Gasteiger charge is -2.44. The van der Waals surface area contributed by atoms with Crippen LogP contribution in [0.3, 0.4) is 0 Å². The van der Waals surface area contributed by atoms with Crippen molar-refractivity contribution < 1.29 is 14.7 Å². The summed E-state index contributed by atoms with van der Waals surface area (Å²) in [6.45, 7) is 7.10. The summed E-state index contributed by atoms with van der Waals surface area (Å²) < 4.78 is 1.90. The molecule has 3 aromatic rings. The number of carboxylic acid groups (broad SMARTS) is 1. The zero-order valence-electron chi connectivity index (χ0n) is 21.3. The van der Waals surface area contributed by atoms with Crippen LogP contribution in [0.25, 0.3) is 11.1 Å². The number of hydrogen-bond donors (Lipinski definition) is 3. The number of rotatable bonds is 6. The van der Waals surface area contributed by atoms with Crippen LogP contribution in [-0.4, -0.2) is 55.9 Å². The normalized spacial score (nSPS) is 18.0. The van der Waals surface area contributed by atoms with Gasteiger partial charge in [0.15, 0.2) is 0 Å². The molecule has 3 heterocycles. The number of nitrogens with one attached hydrogen (secondary N) is 1. The standard InChI is InChI=1S/C27H33ClN6O3/c1-27(2,3)23-13-21(9-11-33(23)26(36)37)34-16-19(15-32-34)18-12-22(24(29)31-14-18)25(35)30-10-8-17-4-6-20(28)7-5-17/h4-7,12,14-16,21,23H,8-11,13H2,1-3H3,(H2,29,31)(H,30,35)(H,36,37). The lowest BCUT2D eigenvalue weighted by Crippen LogP contribution is -2.51. The summed E-state index contributed by atoms with van der Waals surface area (Å²) in [6.07, 6.45) is 6.44. The van der Waals surface area contributed by atoms with Gasteiger partial charge in [-0.25, -0.2) is 9.78 Å². The Labute approximate surface area is 221 Å². The van der Waals surface area contributed by atoms with Crippen molar-refractivity contribution in [3.05, 3.63) is 65.1 Å². The predicted molar refractivity (Wildman–Crippen MR) is 144 cm³/mol. The van der Waals surface area contributed by atoms with E-state index in [0.29, 0.717) is 42.9 Å². The van der Waals surface area contributed by atoms with E-state index in [2.05, 4.69) is 36.2 Å². The van der Waals surface area contributed by atoms with Crippen molar-refractivity contribution in [3.63, 3.8) is 0 Å². The van der Waals surface area contributed by atoms with Crippen molar-refractivity contribution in [2.45, 2.75) is 52.1 Å². The SMILES string of the molecule is CC(C)(C)C1CC(n2cc(-c3cnc(N)c(C(=O)NCCc4ccc(Cl)cc4)c3)cn2)CCN1C(=O)O. The molecule has 0 saturated carbocycles. The molecule has 1 aromatic carbocycles. The van der Waals surface area contributed by atoms with Gasteiger partial charge in [0, 0.05) is 47.7 Å². The van der Waals surface area contributed by atoms with Gasteiger partial charge >= 0.3 is 6.09 Å². The minimum absolute atomic E-state index is 0.0750.